The number of hydrogen-bond acceptors (Lipinski definition) is 5. The van der Waals surface area contributed by atoms with Gasteiger partial charge in [-0.25, -0.2) is 4.39 Å². The van der Waals surface area contributed by atoms with E-state index in [0.29, 0.717) is 11.3 Å². The van der Waals surface area contributed by atoms with Crippen LogP contribution in [0.25, 0.3) is 11.1 Å². The second kappa shape index (κ2) is 7.58. The molecule has 0 spiro atoms. The van der Waals surface area contributed by atoms with Crippen LogP contribution < -0.4 is 15.8 Å². The zero-order valence-electron chi connectivity index (χ0n) is 16.9. The first-order chi connectivity index (χ1) is 15.1. The molecule has 6 heteroatoms. The minimum atomic E-state index is -0.739. The number of aromatic nitrogens is 2. The quantitative estimate of drug-likeness (QED) is 0.527. The molecule has 4 aromatic rings. The minimum Gasteiger partial charge on any atom is -0.497 e. The van der Waals surface area contributed by atoms with Crippen molar-refractivity contribution >= 4 is 0 Å². The summed E-state index contributed by atoms with van der Waals surface area (Å²) in [5.41, 5.74) is 10.6. The third-order valence-corrected chi connectivity index (χ3v) is 5.80. The lowest BCUT2D eigenvalue weighted by Crippen LogP contribution is -2.42. The van der Waals surface area contributed by atoms with Gasteiger partial charge in [0.05, 0.1) is 18.3 Å². The molecule has 0 saturated heterocycles. The van der Waals surface area contributed by atoms with Gasteiger partial charge in [-0.2, -0.15) is 0 Å². The molecule has 0 bridgehead atoms. The third-order valence-electron chi connectivity index (χ3n) is 5.80. The first-order valence-electron chi connectivity index (χ1n) is 9.97. The van der Waals surface area contributed by atoms with E-state index in [9.17, 15) is 4.39 Å². The van der Waals surface area contributed by atoms with Crippen molar-refractivity contribution in [3.05, 3.63) is 114 Å². The molecular formula is C25H21FN4O. The summed E-state index contributed by atoms with van der Waals surface area (Å²) < 4.78 is 20.0. The van der Waals surface area contributed by atoms with Crippen LogP contribution in [0.2, 0.25) is 0 Å². The first-order valence-corrected chi connectivity index (χ1v) is 9.97. The summed E-state index contributed by atoms with van der Waals surface area (Å²) >= 11 is 0. The predicted molar refractivity (Wildman–Crippen MR) is 117 cm³/mol. The highest BCUT2D eigenvalue weighted by molar-refractivity contribution is 5.68. The number of ether oxygens (including phenoxy) is 1. The monoisotopic (exact) mass is 412 g/mol. The van der Waals surface area contributed by atoms with E-state index in [2.05, 4.69) is 15.3 Å². The molecule has 2 unspecified atom stereocenters. The molecular weight excluding hydrogens is 391 g/mol. The van der Waals surface area contributed by atoms with Gasteiger partial charge in [-0.1, -0.05) is 24.3 Å². The van der Waals surface area contributed by atoms with Gasteiger partial charge in [0.2, 0.25) is 0 Å². The van der Waals surface area contributed by atoms with E-state index in [1.54, 1.807) is 37.8 Å². The predicted octanol–water partition coefficient (Wildman–Crippen LogP) is 4.14. The lowest BCUT2D eigenvalue weighted by atomic mass is 9.78. The molecule has 2 aromatic heterocycles. The number of pyridine rings is 2. The van der Waals surface area contributed by atoms with Gasteiger partial charge in [-0.15, -0.1) is 0 Å². The molecule has 0 saturated carbocycles. The molecule has 1 aliphatic rings. The number of rotatable bonds is 4. The van der Waals surface area contributed by atoms with E-state index in [0.717, 1.165) is 27.9 Å². The summed E-state index contributed by atoms with van der Waals surface area (Å²) in [6.45, 7) is 0. The maximum absolute atomic E-state index is 14.7. The molecule has 5 rings (SSSR count). The van der Waals surface area contributed by atoms with Gasteiger partial charge in [-0.3, -0.25) is 15.3 Å². The Kier molecular flexibility index (Phi) is 4.73. The normalized spacial score (nSPS) is 19.8. The Morgan fingerprint density at radius 3 is 2.61 bits per heavy atom. The van der Waals surface area contributed by atoms with E-state index in [-0.39, 0.29) is 5.82 Å². The van der Waals surface area contributed by atoms with E-state index in [1.165, 1.54) is 6.07 Å². The summed E-state index contributed by atoms with van der Waals surface area (Å²) in [6.07, 6.45) is 4.81. The molecule has 31 heavy (non-hydrogen) atoms. The summed E-state index contributed by atoms with van der Waals surface area (Å²) in [5, 5.41) is 3.55. The van der Waals surface area contributed by atoms with Gasteiger partial charge >= 0.3 is 0 Å². The molecule has 0 aliphatic carbocycles. The second-order valence-electron chi connectivity index (χ2n) is 7.47. The van der Waals surface area contributed by atoms with Crippen LogP contribution in [0.4, 0.5) is 4.39 Å². The molecule has 0 amide bonds. The van der Waals surface area contributed by atoms with Crippen molar-refractivity contribution < 1.29 is 9.13 Å². The maximum atomic E-state index is 14.7. The summed E-state index contributed by atoms with van der Waals surface area (Å²) in [5.74, 6) is 0.287. The van der Waals surface area contributed by atoms with Gasteiger partial charge in [0.15, 0.2) is 0 Å². The first kappa shape index (κ1) is 19.4. The fourth-order valence-electron chi connectivity index (χ4n) is 4.38. The average Bonchev–Trinajstić information content (AvgIpc) is 3.14. The van der Waals surface area contributed by atoms with Crippen LogP contribution in [0.5, 0.6) is 5.75 Å². The molecule has 154 valence electrons. The third kappa shape index (κ3) is 3.08. The van der Waals surface area contributed by atoms with Crippen LogP contribution in [0, 0.1) is 5.82 Å². The number of fused-ring (bicyclic) bond motifs is 1. The molecule has 5 nitrogen and oxygen atoms in total. The molecule has 2 atom stereocenters. The minimum absolute atomic E-state index is 0.311. The van der Waals surface area contributed by atoms with Crippen LogP contribution >= 0.6 is 0 Å². The van der Waals surface area contributed by atoms with Crippen molar-refractivity contribution in [1.82, 2.24) is 15.3 Å². The number of hydrogen-bond donors (Lipinski definition) is 2. The van der Waals surface area contributed by atoms with E-state index in [4.69, 9.17) is 10.5 Å². The Morgan fingerprint density at radius 2 is 1.81 bits per heavy atom. The SMILES string of the molecule is COc1ccc(F)c(-c2cccc(C3(c4ccncc4)NC(N)c4ncccc43)c2)c1. The van der Waals surface area contributed by atoms with Gasteiger partial charge in [0, 0.05) is 29.7 Å². The number of nitrogens with one attached hydrogen (secondary N) is 1. The highest BCUT2D eigenvalue weighted by atomic mass is 19.1. The van der Waals surface area contributed by atoms with Crippen LogP contribution in [0.3, 0.4) is 0 Å². The van der Waals surface area contributed by atoms with Gasteiger partial charge in [0.1, 0.15) is 17.7 Å². The van der Waals surface area contributed by atoms with Crippen LogP contribution in [-0.2, 0) is 5.54 Å². The average molecular weight is 412 g/mol. The number of nitrogens with two attached hydrogens (primary N) is 1. The fraction of sp³-hybridized carbons (Fsp3) is 0.120. The summed E-state index contributed by atoms with van der Waals surface area (Å²) in [6, 6.07) is 20.4. The van der Waals surface area contributed by atoms with Crippen molar-refractivity contribution in [1.29, 1.82) is 0 Å². The number of nitrogens with zero attached hydrogens (tertiary/aromatic N) is 2. The van der Waals surface area contributed by atoms with E-state index < -0.39 is 11.7 Å². The van der Waals surface area contributed by atoms with E-state index in [1.807, 2.05) is 48.5 Å². The Labute approximate surface area is 179 Å². The van der Waals surface area contributed by atoms with Crippen molar-refractivity contribution in [2.75, 3.05) is 7.11 Å². The molecule has 3 heterocycles. The van der Waals surface area contributed by atoms with Crippen molar-refractivity contribution in [2.45, 2.75) is 11.7 Å². The largest absolute Gasteiger partial charge is 0.497 e. The van der Waals surface area contributed by atoms with Gasteiger partial charge in [0.25, 0.3) is 0 Å². The Bertz CT molecular complexity index is 1250. The summed E-state index contributed by atoms with van der Waals surface area (Å²) in [7, 11) is 1.57. The number of methoxy groups -OCH3 is 1. The molecule has 2 aromatic carbocycles. The van der Waals surface area contributed by atoms with Gasteiger partial charge in [-0.05, 0) is 59.2 Å². The summed E-state index contributed by atoms with van der Waals surface area (Å²) in [4.78, 5) is 8.70. The molecule has 1 aliphatic heterocycles. The number of benzene rings is 2. The zero-order chi connectivity index (χ0) is 21.4. The Morgan fingerprint density at radius 1 is 0.968 bits per heavy atom. The zero-order valence-corrected chi connectivity index (χ0v) is 16.9. The lowest BCUT2D eigenvalue weighted by Gasteiger charge is -2.33. The molecule has 0 radical (unpaired) electrons. The van der Waals surface area contributed by atoms with Crippen molar-refractivity contribution in [3.63, 3.8) is 0 Å². The van der Waals surface area contributed by atoms with Crippen molar-refractivity contribution in [2.24, 2.45) is 5.73 Å². The van der Waals surface area contributed by atoms with Crippen LogP contribution in [0.1, 0.15) is 28.6 Å². The Balaban J connectivity index is 1.75. The van der Waals surface area contributed by atoms with Crippen LogP contribution in [0.15, 0.2) is 85.3 Å². The lowest BCUT2D eigenvalue weighted by molar-refractivity contribution is 0.414. The van der Waals surface area contributed by atoms with Crippen molar-refractivity contribution in [3.8, 4) is 16.9 Å². The smallest absolute Gasteiger partial charge is 0.131 e. The van der Waals surface area contributed by atoms with Gasteiger partial charge < -0.3 is 10.5 Å². The standard InChI is InChI=1S/C25H21FN4O/c1-31-19-7-8-22(26)20(15-19)16-4-2-5-18(14-16)25(17-9-12-28-13-10-17)21-6-3-11-29-23(21)24(27)30-25/h2-15,24,30H,27H2,1H3. The number of halogens is 1. The topological polar surface area (TPSA) is 73.1 Å². The Hall–Kier alpha value is -3.61. The van der Waals surface area contributed by atoms with Crippen LogP contribution in [-0.4, -0.2) is 17.1 Å². The van der Waals surface area contributed by atoms with E-state index >= 15 is 0 Å². The second-order valence-corrected chi connectivity index (χ2v) is 7.47. The highest BCUT2D eigenvalue weighted by Crippen LogP contribution is 2.45. The molecule has 3 N–H and O–H groups in total. The fourth-order valence-corrected chi connectivity index (χ4v) is 4.38. The maximum Gasteiger partial charge on any atom is 0.131 e. The highest BCUT2D eigenvalue weighted by Gasteiger charge is 2.45. The molecule has 0 fully saturated rings.